The average Bonchev–Trinajstić information content (AvgIpc) is 2.19. The van der Waals surface area contributed by atoms with Crippen molar-refractivity contribution in [2.24, 2.45) is 5.73 Å². The monoisotopic (exact) mass is 230 g/mol. The van der Waals surface area contributed by atoms with Crippen LogP contribution in [0.3, 0.4) is 0 Å². The van der Waals surface area contributed by atoms with Gasteiger partial charge in [-0.3, -0.25) is 9.78 Å². The Balaban J connectivity index is 0.00000196. The summed E-state index contributed by atoms with van der Waals surface area (Å²) in [5.41, 5.74) is 6.69. The molecule has 1 unspecified atom stereocenters. The van der Waals surface area contributed by atoms with E-state index in [9.17, 15) is 4.79 Å². The molecule has 0 aliphatic carbocycles. The Morgan fingerprint density at radius 3 is 2.67 bits per heavy atom. The summed E-state index contributed by atoms with van der Waals surface area (Å²) in [4.78, 5) is 15.0. The minimum Gasteiger partial charge on any atom is -0.466 e. The highest BCUT2D eigenvalue weighted by molar-refractivity contribution is 5.85. The molecule has 1 heterocycles. The van der Waals surface area contributed by atoms with Crippen LogP contribution >= 0.6 is 12.4 Å². The number of nitrogens with two attached hydrogens (primary N) is 1. The highest BCUT2D eigenvalue weighted by Crippen LogP contribution is 2.12. The molecule has 2 N–H and O–H groups in total. The van der Waals surface area contributed by atoms with Crippen molar-refractivity contribution < 1.29 is 9.53 Å². The van der Waals surface area contributed by atoms with Gasteiger partial charge in [-0.05, 0) is 24.6 Å². The maximum atomic E-state index is 11.1. The molecule has 1 aromatic heterocycles. The summed E-state index contributed by atoms with van der Waals surface area (Å²) in [5, 5.41) is 0. The Labute approximate surface area is 95.2 Å². The second kappa shape index (κ2) is 7.20. The summed E-state index contributed by atoms with van der Waals surface area (Å²) < 4.78 is 4.80. The van der Waals surface area contributed by atoms with Crippen molar-refractivity contribution in [3.05, 3.63) is 30.1 Å². The van der Waals surface area contributed by atoms with E-state index in [0.29, 0.717) is 6.61 Å². The van der Waals surface area contributed by atoms with Crippen molar-refractivity contribution in [3.8, 4) is 0 Å². The minimum atomic E-state index is -0.308. The van der Waals surface area contributed by atoms with Crippen molar-refractivity contribution >= 4 is 18.4 Å². The molecule has 1 aromatic rings. The van der Waals surface area contributed by atoms with Crippen molar-refractivity contribution in [3.63, 3.8) is 0 Å². The van der Waals surface area contributed by atoms with Gasteiger partial charge in [0.1, 0.15) is 0 Å². The normalized spacial score (nSPS) is 11.3. The van der Waals surface area contributed by atoms with Gasteiger partial charge < -0.3 is 10.5 Å². The fourth-order valence-electron chi connectivity index (χ4n) is 1.13. The van der Waals surface area contributed by atoms with E-state index in [2.05, 4.69) is 4.98 Å². The number of hydrogen-bond acceptors (Lipinski definition) is 4. The Morgan fingerprint density at radius 2 is 2.13 bits per heavy atom. The number of hydrogen-bond donors (Lipinski definition) is 1. The van der Waals surface area contributed by atoms with Gasteiger partial charge in [0.05, 0.1) is 13.0 Å². The third-order valence-corrected chi connectivity index (χ3v) is 1.83. The number of esters is 1. The van der Waals surface area contributed by atoms with E-state index in [-0.39, 0.29) is 30.8 Å². The first-order chi connectivity index (χ1) is 6.74. The molecule has 0 radical (unpaired) electrons. The molecule has 0 spiro atoms. The molecule has 0 aliphatic heterocycles. The van der Waals surface area contributed by atoms with E-state index in [0.717, 1.165) is 5.56 Å². The Kier molecular flexibility index (Phi) is 6.66. The van der Waals surface area contributed by atoms with E-state index in [4.69, 9.17) is 10.5 Å². The van der Waals surface area contributed by atoms with E-state index in [1.807, 2.05) is 0 Å². The highest BCUT2D eigenvalue weighted by Gasteiger charge is 2.11. The molecule has 84 valence electrons. The van der Waals surface area contributed by atoms with Crippen LogP contribution in [0.15, 0.2) is 24.5 Å². The molecule has 0 saturated heterocycles. The second-order valence-corrected chi connectivity index (χ2v) is 2.90. The minimum absolute atomic E-state index is 0. The molecule has 5 heteroatoms. The van der Waals surface area contributed by atoms with Crippen LogP contribution in [-0.4, -0.2) is 17.6 Å². The van der Waals surface area contributed by atoms with E-state index < -0.39 is 0 Å². The number of aromatic nitrogens is 1. The number of halogens is 1. The summed E-state index contributed by atoms with van der Waals surface area (Å²) in [6, 6.07) is 3.28. The maximum Gasteiger partial charge on any atom is 0.307 e. The van der Waals surface area contributed by atoms with Gasteiger partial charge in [-0.15, -0.1) is 12.4 Å². The molecule has 15 heavy (non-hydrogen) atoms. The molecule has 1 atom stereocenters. The lowest BCUT2D eigenvalue weighted by Crippen LogP contribution is -2.17. The largest absolute Gasteiger partial charge is 0.466 e. The molecule has 0 aliphatic rings. The van der Waals surface area contributed by atoms with Crippen LogP contribution in [0.4, 0.5) is 0 Å². The number of carbonyl (C=O) groups is 1. The zero-order valence-electron chi connectivity index (χ0n) is 8.55. The second-order valence-electron chi connectivity index (χ2n) is 2.90. The molecule has 1 rings (SSSR count). The van der Waals surface area contributed by atoms with Gasteiger partial charge in [0, 0.05) is 18.4 Å². The first kappa shape index (κ1) is 13.9. The molecule has 0 amide bonds. The quantitative estimate of drug-likeness (QED) is 0.796. The Hall–Kier alpha value is -1.13. The third kappa shape index (κ3) is 4.76. The van der Waals surface area contributed by atoms with Gasteiger partial charge in [0.15, 0.2) is 0 Å². The molecular formula is C10H15ClN2O2. The number of nitrogens with zero attached hydrogens (tertiary/aromatic N) is 1. The van der Waals surface area contributed by atoms with Crippen LogP contribution in [-0.2, 0) is 9.53 Å². The summed E-state index contributed by atoms with van der Waals surface area (Å²) in [5.74, 6) is -0.267. The van der Waals surface area contributed by atoms with E-state index in [1.54, 1.807) is 31.5 Å². The van der Waals surface area contributed by atoms with Crippen molar-refractivity contribution in [1.82, 2.24) is 4.98 Å². The summed E-state index contributed by atoms with van der Waals surface area (Å²) in [6.07, 6.45) is 3.51. The SMILES string of the molecule is CCOC(=O)CC(N)c1ccncc1.Cl. The number of carbonyl (C=O) groups excluding carboxylic acids is 1. The zero-order valence-corrected chi connectivity index (χ0v) is 9.37. The topological polar surface area (TPSA) is 65.2 Å². The first-order valence-corrected chi connectivity index (χ1v) is 4.55. The Morgan fingerprint density at radius 1 is 1.53 bits per heavy atom. The summed E-state index contributed by atoms with van der Waals surface area (Å²) >= 11 is 0. The number of rotatable bonds is 4. The molecular weight excluding hydrogens is 216 g/mol. The molecule has 4 nitrogen and oxygen atoms in total. The van der Waals surface area contributed by atoms with E-state index in [1.165, 1.54) is 0 Å². The zero-order chi connectivity index (χ0) is 10.4. The van der Waals surface area contributed by atoms with Gasteiger partial charge in [-0.25, -0.2) is 0 Å². The fraction of sp³-hybridized carbons (Fsp3) is 0.400. The number of ether oxygens (including phenoxy) is 1. The van der Waals surface area contributed by atoms with Gasteiger partial charge in [-0.1, -0.05) is 0 Å². The lowest BCUT2D eigenvalue weighted by atomic mass is 10.1. The van der Waals surface area contributed by atoms with Crippen LogP contribution < -0.4 is 5.73 Å². The van der Waals surface area contributed by atoms with Crippen LogP contribution in [0.5, 0.6) is 0 Å². The van der Waals surface area contributed by atoms with Gasteiger partial charge in [0.25, 0.3) is 0 Å². The first-order valence-electron chi connectivity index (χ1n) is 4.55. The van der Waals surface area contributed by atoms with Crippen molar-refractivity contribution in [2.45, 2.75) is 19.4 Å². The van der Waals surface area contributed by atoms with E-state index >= 15 is 0 Å². The summed E-state index contributed by atoms with van der Waals surface area (Å²) in [7, 11) is 0. The smallest absolute Gasteiger partial charge is 0.307 e. The standard InChI is InChI=1S/C10H14N2O2.ClH/c1-2-14-10(13)7-9(11)8-3-5-12-6-4-8;/h3-6,9H,2,7,11H2,1H3;1H. The molecule has 0 fully saturated rings. The van der Waals surface area contributed by atoms with Gasteiger partial charge in [0.2, 0.25) is 0 Å². The average molecular weight is 231 g/mol. The highest BCUT2D eigenvalue weighted by atomic mass is 35.5. The van der Waals surface area contributed by atoms with Crippen LogP contribution in [0.2, 0.25) is 0 Å². The molecule has 0 bridgehead atoms. The van der Waals surface area contributed by atoms with Crippen molar-refractivity contribution in [1.29, 1.82) is 0 Å². The molecule has 0 aromatic carbocycles. The summed E-state index contributed by atoms with van der Waals surface area (Å²) in [6.45, 7) is 2.16. The fourth-order valence-corrected chi connectivity index (χ4v) is 1.13. The lowest BCUT2D eigenvalue weighted by Gasteiger charge is -2.10. The van der Waals surface area contributed by atoms with Gasteiger partial charge >= 0.3 is 5.97 Å². The number of pyridine rings is 1. The van der Waals surface area contributed by atoms with Crippen molar-refractivity contribution in [2.75, 3.05) is 6.61 Å². The lowest BCUT2D eigenvalue weighted by molar-refractivity contribution is -0.143. The van der Waals surface area contributed by atoms with Crippen LogP contribution in [0, 0.1) is 0 Å². The van der Waals surface area contributed by atoms with Gasteiger partial charge in [-0.2, -0.15) is 0 Å². The predicted molar refractivity (Wildman–Crippen MR) is 59.7 cm³/mol. The predicted octanol–water partition coefficient (Wildman–Crippen LogP) is 1.46. The van der Waals surface area contributed by atoms with Crippen LogP contribution in [0.25, 0.3) is 0 Å². The molecule has 0 saturated carbocycles. The maximum absolute atomic E-state index is 11.1. The van der Waals surface area contributed by atoms with Crippen LogP contribution in [0.1, 0.15) is 24.9 Å². The third-order valence-electron chi connectivity index (χ3n) is 1.83. The Bertz CT molecular complexity index is 293.